The summed E-state index contributed by atoms with van der Waals surface area (Å²) in [4.78, 5) is 0. The molecule has 12 heavy (non-hydrogen) atoms. The van der Waals surface area contributed by atoms with Crippen LogP contribution in [0.3, 0.4) is 0 Å². The summed E-state index contributed by atoms with van der Waals surface area (Å²) in [7, 11) is 0. The van der Waals surface area contributed by atoms with E-state index in [-0.39, 0.29) is 0 Å². The molecule has 0 nitrogen and oxygen atoms in total. The molecule has 0 heterocycles. The standard InChI is InChI=1S/C10H10Cl2/c1-7-3-2-4-8(5-7)9-6-10(9,11)12/h2-5,9H,6H2,1H3. The second-order valence-corrected chi connectivity index (χ2v) is 4.97. The van der Waals surface area contributed by atoms with E-state index in [1.165, 1.54) is 11.1 Å². The van der Waals surface area contributed by atoms with E-state index in [9.17, 15) is 0 Å². The van der Waals surface area contributed by atoms with Crippen molar-refractivity contribution >= 4 is 23.2 Å². The van der Waals surface area contributed by atoms with Gasteiger partial charge in [0.25, 0.3) is 0 Å². The summed E-state index contributed by atoms with van der Waals surface area (Å²) in [6.45, 7) is 2.08. The van der Waals surface area contributed by atoms with Gasteiger partial charge in [-0.1, -0.05) is 29.8 Å². The van der Waals surface area contributed by atoms with E-state index in [2.05, 4.69) is 25.1 Å². The van der Waals surface area contributed by atoms with Gasteiger partial charge in [0.05, 0.1) is 0 Å². The summed E-state index contributed by atoms with van der Waals surface area (Å²) in [5.74, 6) is 0.348. The number of rotatable bonds is 1. The van der Waals surface area contributed by atoms with Crippen molar-refractivity contribution in [3.63, 3.8) is 0 Å². The van der Waals surface area contributed by atoms with Gasteiger partial charge < -0.3 is 0 Å². The average molecular weight is 201 g/mol. The second-order valence-electron chi connectivity index (χ2n) is 3.43. The molecule has 0 N–H and O–H groups in total. The zero-order valence-corrected chi connectivity index (χ0v) is 8.36. The molecule has 0 aliphatic heterocycles. The van der Waals surface area contributed by atoms with E-state index >= 15 is 0 Å². The molecule has 0 aromatic heterocycles. The van der Waals surface area contributed by atoms with Crippen LogP contribution < -0.4 is 0 Å². The number of halogens is 2. The Morgan fingerprint density at radius 2 is 2.08 bits per heavy atom. The van der Waals surface area contributed by atoms with Crippen molar-refractivity contribution in [1.82, 2.24) is 0 Å². The Hall–Kier alpha value is -0.200. The van der Waals surface area contributed by atoms with E-state index in [1.807, 2.05) is 6.07 Å². The maximum atomic E-state index is 5.96. The first-order valence-electron chi connectivity index (χ1n) is 4.04. The quantitative estimate of drug-likeness (QED) is 0.608. The molecule has 0 amide bonds. The third kappa shape index (κ3) is 1.46. The fourth-order valence-corrected chi connectivity index (χ4v) is 2.02. The third-order valence-electron chi connectivity index (χ3n) is 2.27. The molecule has 2 rings (SSSR count). The Labute approximate surface area is 82.5 Å². The highest BCUT2D eigenvalue weighted by Crippen LogP contribution is 2.59. The van der Waals surface area contributed by atoms with Crippen LogP contribution in [0, 0.1) is 6.92 Å². The largest absolute Gasteiger partial charge is 0.125 e. The van der Waals surface area contributed by atoms with Crippen molar-refractivity contribution in [2.75, 3.05) is 0 Å². The lowest BCUT2D eigenvalue weighted by Crippen LogP contribution is -1.89. The molecule has 1 aromatic carbocycles. The van der Waals surface area contributed by atoms with Crippen LogP contribution in [0.1, 0.15) is 23.5 Å². The first-order chi connectivity index (χ1) is 5.59. The molecular formula is C10H10Cl2. The first-order valence-corrected chi connectivity index (χ1v) is 4.79. The number of alkyl halides is 2. The summed E-state index contributed by atoms with van der Waals surface area (Å²) >= 11 is 11.9. The summed E-state index contributed by atoms with van der Waals surface area (Å²) in [5.41, 5.74) is 2.53. The summed E-state index contributed by atoms with van der Waals surface area (Å²) in [6, 6.07) is 8.37. The predicted octanol–water partition coefficient (Wildman–Crippen LogP) is 3.66. The van der Waals surface area contributed by atoms with Crippen molar-refractivity contribution in [2.24, 2.45) is 0 Å². The van der Waals surface area contributed by atoms with Crippen molar-refractivity contribution in [1.29, 1.82) is 0 Å². The molecule has 1 saturated carbocycles. The Morgan fingerprint density at radius 1 is 1.42 bits per heavy atom. The Morgan fingerprint density at radius 3 is 2.58 bits per heavy atom. The molecule has 1 unspecified atom stereocenters. The molecule has 1 fully saturated rings. The van der Waals surface area contributed by atoms with Gasteiger partial charge in [-0.25, -0.2) is 0 Å². The average Bonchev–Trinajstić information content (AvgIpc) is 2.60. The smallest absolute Gasteiger partial charge is 0.101 e. The van der Waals surface area contributed by atoms with E-state index in [0.717, 1.165) is 6.42 Å². The lowest BCUT2D eigenvalue weighted by Gasteiger charge is -2.01. The predicted molar refractivity (Wildman–Crippen MR) is 53.0 cm³/mol. The molecule has 1 aromatic rings. The maximum absolute atomic E-state index is 5.96. The van der Waals surface area contributed by atoms with Crippen LogP contribution in [-0.2, 0) is 0 Å². The second kappa shape index (κ2) is 2.65. The topological polar surface area (TPSA) is 0 Å². The molecule has 2 heteroatoms. The van der Waals surface area contributed by atoms with Crippen LogP contribution in [0.25, 0.3) is 0 Å². The first kappa shape index (κ1) is 8.40. The molecule has 1 aliphatic rings. The van der Waals surface area contributed by atoms with Crippen molar-refractivity contribution < 1.29 is 0 Å². The zero-order valence-electron chi connectivity index (χ0n) is 6.85. The minimum Gasteiger partial charge on any atom is -0.101 e. The highest BCUT2D eigenvalue weighted by Gasteiger charge is 2.52. The van der Waals surface area contributed by atoms with Crippen LogP contribution in [0.2, 0.25) is 0 Å². The van der Waals surface area contributed by atoms with E-state index < -0.39 is 4.33 Å². The van der Waals surface area contributed by atoms with Crippen LogP contribution in [0.5, 0.6) is 0 Å². The zero-order chi connectivity index (χ0) is 8.77. The van der Waals surface area contributed by atoms with Crippen LogP contribution in [0.4, 0.5) is 0 Å². The molecule has 0 bridgehead atoms. The highest BCUT2D eigenvalue weighted by molar-refractivity contribution is 6.51. The minimum absolute atomic E-state index is 0.348. The number of benzene rings is 1. The van der Waals surface area contributed by atoms with Gasteiger partial charge in [0.15, 0.2) is 0 Å². The van der Waals surface area contributed by atoms with E-state index in [4.69, 9.17) is 23.2 Å². The maximum Gasteiger partial charge on any atom is 0.125 e. The molecule has 0 radical (unpaired) electrons. The van der Waals surface area contributed by atoms with Crippen LogP contribution in [-0.4, -0.2) is 4.33 Å². The fraction of sp³-hybridized carbons (Fsp3) is 0.400. The highest BCUT2D eigenvalue weighted by atomic mass is 35.5. The van der Waals surface area contributed by atoms with Gasteiger partial charge in [-0.2, -0.15) is 0 Å². The molecular weight excluding hydrogens is 191 g/mol. The molecule has 0 spiro atoms. The summed E-state index contributed by atoms with van der Waals surface area (Å²) < 4.78 is -0.492. The molecule has 64 valence electrons. The Kier molecular flexibility index (Phi) is 1.85. The van der Waals surface area contributed by atoms with E-state index in [0.29, 0.717) is 5.92 Å². The number of aryl methyl sites for hydroxylation is 1. The third-order valence-corrected chi connectivity index (χ3v) is 3.11. The lowest BCUT2D eigenvalue weighted by atomic mass is 10.1. The molecule has 1 atom stereocenters. The van der Waals surface area contributed by atoms with Gasteiger partial charge in [-0.05, 0) is 18.9 Å². The van der Waals surface area contributed by atoms with Gasteiger partial charge in [0.1, 0.15) is 4.33 Å². The Balaban J connectivity index is 2.26. The van der Waals surface area contributed by atoms with Gasteiger partial charge in [-0.3, -0.25) is 0 Å². The van der Waals surface area contributed by atoms with Crippen molar-refractivity contribution in [2.45, 2.75) is 23.6 Å². The summed E-state index contributed by atoms with van der Waals surface area (Å²) in [6.07, 6.45) is 0.888. The molecule has 0 saturated heterocycles. The van der Waals surface area contributed by atoms with Gasteiger partial charge in [-0.15, -0.1) is 23.2 Å². The SMILES string of the molecule is Cc1cccc(C2CC2(Cl)Cl)c1. The van der Waals surface area contributed by atoms with Crippen molar-refractivity contribution in [3.05, 3.63) is 35.4 Å². The van der Waals surface area contributed by atoms with Crippen LogP contribution in [0.15, 0.2) is 24.3 Å². The normalized spacial score (nSPS) is 25.4. The van der Waals surface area contributed by atoms with Gasteiger partial charge in [0, 0.05) is 5.92 Å². The number of hydrogen-bond donors (Lipinski definition) is 0. The molecule has 1 aliphatic carbocycles. The monoisotopic (exact) mass is 200 g/mol. The van der Waals surface area contributed by atoms with Crippen molar-refractivity contribution in [3.8, 4) is 0 Å². The Bertz CT molecular complexity index is 304. The van der Waals surface area contributed by atoms with Crippen LogP contribution >= 0.6 is 23.2 Å². The fourth-order valence-electron chi connectivity index (χ4n) is 1.46. The minimum atomic E-state index is -0.492. The van der Waals surface area contributed by atoms with Gasteiger partial charge in [0.2, 0.25) is 0 Å². The number of hydrogen-bond acceptors (Lipinski definition) is 0. The van der Waals surface area contributed by atoms with Gasteiger partial charge >= 0.3 is 0 Å². The summed E-state index contributed by atoms with van der Waals surface area (Å²) in [5, 5.41) is 0. The van der Waals surface area contributed by atoms with E-state index in [1.54, 1.807) is 0 Å². The lowest BCUT2D eigenvalue weighted by molar-refractivity contribution is 1.10.